The zero-order valence-electron chi connectivity index (χ0n) is 19.6. The Bertz CT molecular complexity index is 1150. The molecule has 3 unspecified atom stereocenters. The first-order valence-electron chi connectivity index (χ1n) is 11.1. The van der Waals surface area contributed by atoms with Crippen molar-refractivity contribution in [2.75, 3.05) is 18.9 Å². The van der Waals surface area contributed by atoms with Crippen LogP contribution >= 0.6 is 23.2 Å². The summed E-state index contributed by atoms with van der Waals surface area (Å²) in [6, 6.07) is 4.33. The maximum Gasteiger partial charge on any atom is 0.166 e. The number of rotatable bonds is 6. The molecule has 3 atom stereocenters. The van der Waals surface area contributed by atoms with E-state index in [1.165, 1.54) is 12.1 Å². The van der Waals surface area contributed by atoms with E-state index in [1.807, 2.05) is 20.0 Å². The molecular formula is C23H27BCl2FN5O3. The molecule has 1 fully saturated rings. The summed E-state index contributed by atoms with van der Waals surface area (Å²) in [5, 5.41) is 17.0. The largest absolute Gasteiger partial charge is 0.482 e. The molecule has 4 N–H and O–H groups in total. The molecule has 3 aromatic rings. The number of nitrogens with two attached hydrogens (primary N) is 1. The molecule has 186 valence electrons. The quantitative estimate of drug-likeness (QED) is 0.333. The lowest BCUT2D eigenvalue weighted by molar-refractivity contribution is -0.0902. The fraction of sp³-hybridized carbons (Fsp3) is 0.391. The lowest BCUT2D eigenvalue weighted by Crippen LogP contribution is -2.58. The summed E-state index contributed by atoms with van der Waals surface area (Å²) in [7, 11) is 5.57. The number of pyridine rings is 1. The van der Waals surface area contributed by atoms with Gasteiger partial charge in [-0.25, -0.2) is 9.37 Å². The van der Waals surface area contributed by atoms with Crippen LogP contribution in [-0.2, 0) is 11.3 Å². The van der Waals surface area contributed by atoms with E-state index in [0.717, 1.165) is 5.56 Å². The zero-order valence-corrected chi connectivity index (χ0v) is 21.1. The van der Waals surface area contributed by atoms with Crippen molar-refractivity contribution in [3.63, 3.8) is 0 Å². The second-order valence-corrected chi connectivity index (χ2v) is 8.60. The molecule has 1 aliphatic heterocycles. The Balaban J connectivity index is 0.00000167. The predicted octanol–water partition coefficient (Wildman–Crippen LogP) is 3.94. The van der Waals surface area contributed by atoms with Gasteiger partial charge in [0.15, 0.2) is 11.6 Å². The van der Waals surface area contributed by atoms with Gasteiger partial charge in [-0.2, -0.15) is 5.10 Å². The van der Waals surface area contributed by atoms with Gasteiger partial charge in [-0.05, 0) is 25.1 Å². The average molecular weight is 522 g/mol. The van der Waals surface area contributed by atoms with E-state index in [1.54, 1.807) is 30.1 Å². The molecule has 0 spiro atoms. The van der Waals surface area contributed by atoms with E-state index in [9.17, 15) is 9.50 Å². The van der Waals surface area contributed by atoms with Gasteiger partial charge in [0.2, 0.25) is 0 Å². The maximum atomic E-state index is 13.9. The summed E-state index contributed by atoms with van der Waals surface area (Å²) in [6.07, 6.45) is 4.22. The van der Waals surface area contributed by atoms with Gasteiger partial charge in [-0.15, -0.1) is 0 Å². The molecule has 35 heavy (non-hydrogen) atoms. The summed E-state index contributed by atoms with van der Waals surface area (Å²) < 4.78 is 27.1. The third kappa shape index (κ3) is 6.65. The van der Waals surface area contributed by atoms with Crippen LogP contribution in [0.15, 0.2) is 36.8 Å². The summed E-state index contributed by atoms with van der Waals surface area (Å²) in [4.78, 5) is 4.20. The summed E-state index contributed by atoms with van der Waals surface area (Å²) in [5.41, 5.74) is 6.30. The Kier molecular flexibility index (Phi) is 9.01. The number of halogens is 3. The number of hydrogen-bond donors (Lipinski definition) is 3. The molecule has 0 bridgehead atoms. The molecule has 0 amide bonds. The van der Waals surface area contributed by atoms with Crippen LogP contribution in [0.2, 0.25) is 10.0 Å². The lowest BCUT2D eigenvalue weighted by atomic mass is 9.90. The van der Waals surface area contributed by atoms with Crippen molar-refractivity contribution >= 4 is 36.9 Å². The second-order valence-electron chi connectivity index (χ2n) is 7.81. The zero-order chi connectivity index (χ0) is 25.8. The Morgan fingerprint density at radius 2 is 2.11 bits per heavy atom. The number of aliphatic hydroxyl groups is 1. The smallest absolute Gasteiger partial charge is 0.166 e. The SMILES string of the molecule is CC.[B]C1(O)COC(Cn2cc(-c3cnc(N)c(OC(C)c4c(Cl)ccc(F)c4Cl)c3)cn2)CN1. The van der Waals surface area contributed by atoms with Gasteiger partial charge in [-0.1, -0.05) is 37.0 Å². The Hall–Kier alpha value is -2.37. The predicted molar refractivity (Wildman–Crippen MR) is 135 cm³/mol. The fourth-order valence-corrected chi connectivity index (χ4v) is 4.13. The van der Waals surface area contributed by atoms with Gasteiger partial charge in [0.25, 0.3) is 0 Å². The number of ether oxygens (including phenoxy) is 2. The minimum absolute atomic E-state index is 0.0219. The topological polar surface area (TPSA) is 107 Å². The Labute approximate surface area is 214 Å². The molecule has 2 aromatic heterocycles. The Morgan fingerprint density at radius 3 is 2.80 bits per heavy atom. The monoisotopic (exact) mass is 521 g/mol. The first kappa shape index (κ1) is 27.2. The van der Waals surface area contributed by atoms with Crippen LogP contribution in [0, 0.1) is 5.82 Å². The van der Waals surface area contributed by atoms with E-state index in [4.69, 9.17) is 46.3 Å². The summed E-state index contributed by atoms with van der Waals surface area (Å²) in [5.74, 6) is -0.129. The van der Waals surface area contributed by atoms with Crippen molar-refractivity contribution in [3.8, 4) is 16.9 Å². The number of aromatic nitrogens is 3. The van der Waals surface area contributed by atoms with Gasteiger partial charge in [-0.3, -0.25) is 10.00 Å². The van der Waals surface area contributed by atoms with Crippen LogP contribution in [-0.4, -0.2) is 52.6 Å². The average Bonchev–Trinajstić information content (AvgIpc) is 3.29. The summed E-state index contributed by atoms with van der Waals surface area (Å²) >= 11 is 12.3. The molecule has 3 heterocycles. The second kappa shape index (κ2) is 11.6. The van der Waals surface area contributed by atoms with Crippen LogP contribution in [0.1, 0.15) is 32.4 Å². The van der Waals surface area contributed by atoms with Crippen molar-refractivity contribution < 1.29 is 19.0 Å². The van der Waals surface area contributed by atoms with Crippen LogP contribution in [0.25, 0.3) is 11.1 Å². The molecule has 2 radical (unpaired) electrons. The van der Waals surface area contributed by atoms with Gasteiger partial charge >= 0.3 is 0 Å². The third-order valence-electron chi connectivity index (χ3n) is 5.20. The van der Waals surface area contributed by atoms with E-state index < -0.39 is 17.5 Å². The molecule has 4 rings (SSSR count). The van der Waals surface area contributed by atoms with Gasteiger partial charge in [0, 0.05) is 40.7 Å². The van der Waals surface area contributed by atoms with Crippen molar-refractivity contribution in [3.05, 3.63) is 58.2 Å². The highest BCUT2D eigenvalue weighted by Gasteiger charge is 2.28. The number of nitrogens with zero attached hydrogens (tertiary/aromatic N) is 3. The van der Waals surface area contributed by atoms with Gasteiger partial charge in [0.05, 0.1) is 36.1 Å². The van der Waals surface area contributed by atoms with E-state index in [0.29, 0.717) is 30.0 Å². The molecule has 0 aliphatic carbocycles. The number of morpholine rings is 1. The van der Waals surface area contributed by atoms with E-state index >= 15 is 0 Å². The van der Waals surface area contributed by atoms with Crippen LogP contribution < -0.4 is 15.8 Å². The Morgan fingerprint density at radius 1 is 1.37 bits per heavy atom. The molecule has 12 heteroatoms. The van der Waals surface area contributed by atoms with E-state index in [2.05, 4.69) is 15.4 Å². The van der Waals surface area contributed by atoms with Crippen molar-refractivity contribution in [1.29, 1.82) is 0 Å². The normalized spacial score (nSPS) is 20.6. The highest BCUT2D eigenvalue weighted by atomic mass is 35.5. The molecule has 8 nitrogen and oxygen atoms in total. The van der Waals surface area contributed by atoms with Crippen LogP contribution in [0.3, 0.4) is 0 Å². The number of anilines is 1. The molecule has 0 saturated carbocycles. The molecule has 1 aliphatic rings. The van der Waals surface area contributed by atoms with E-state index in [-0.39, 0.29) is 28.6 Å². The minimum atomic E-state index is -1.52. The van der Waals surface area contributed by atoms with Crippen LogP contribution in [0.5, 0.6) is 5.75 Å². The lowest BCUT2D eigenvalue weighted by Gasteiger charge is -2.35. The highest BCUT2D eigenvalue weighted by Crippen LogP contribution is 2.36. The van der Waals surface area contributed by atoms with Crippen molar-refractivity contribution in [1.82, 2.24) is 20.1 Å². The molecule has 1 saturated heterocycles. The number of hydrogen-bond acceptors (Lipinski definition) is 7. The van der Waals surface area contributed by atoms with Gasteiger partial charge in [0.1, 0.15) is 19.8 Å². The minimum Gasteiger partial charge on any atom is -0.482 e. The molecular weight excluding hydrogens is 495 g/mol. The first-order valence-corrected chi connectivity index (χ1v) is 11.8. The number of nitrogens with one attached hydrogen (secondary N) is 1. The number of benzene rings is 1. The third-order valence-corrected chi connectivity index (χ3v) is 5.92. The maximum absolute atomic E-state index is 13.9. The van der Waals surface area contributed by atoms with Crippen LogP contribution in [0.4, 0.5) is 10.2 Å². The summed E-state index contributed by atoms with van der Waals surface area (Å²) in [6.45, 7) is 6.51. The molecule has 1 aromatic carbocycles. The van der Waals surface area contributed by atoms with Crippen molar-refractivity contribution in [2.24, 2.45) is 0 Å². The van der Waals surface area contributed by atoms with Crippen molar-refractivity contribution in [2.45, 2.75) is 45.1 Å². The number of nitrogen functional groups attached to an aromatic ring is 1. The fourth-order valence-electron chi connectivity index (χ4n) is 3.46. The first-order chi connectivity index (χ1) is 16.6. The van der Waals surface area contributed by atoms with Gasteiger partial charge < -0.3 is 20.3 Å². The highest BCUT2D eigenvalue weighted by molar-refractivity contribution is 6.36. The standard InChI is InChI=1S/C21H21BCl2FN5O3.C2H6/c1-11(18-15(23)2-3-16(25)19(18)24)33-17-4-12(5-27-20(17)26)13-6-29-30(8-13)9-14-7-28-21(22,31)10-32-14;1-2/h2-6,8,11,14,28,31H,7,9-10H2,1H3,(H2,26,27);1-2H3.